The van der Waals surface area contributed by atoms with Gasteiger partial charge < -0.3 is 9.64 Å². The summed E-state index contributed by atoms with van der Waals surface area (Å²) in [6, 6.07) is 10.6. The highest BCUT2D eigenvalue weighted by Crippen LogP contribution is 2.40. The summed E-state index contributed by atoms with van der Waals surface area (Å²) in [5.74, 6) is 0.266. The van der Waals surface area contributed by atoms with E-state index < -0.39 is 0 Å². The summed E-state index contributed by atoms with van der Waals surface area (Å²) in [7, 11) is 2.25. The van der Waals surface area contributed by atoms with Gasteiger partial charge >= 0.3 is 0 Å². The molecule has 1 spiro atoms. The summed E-state index contributed by atoms with van der Waals surface area (Å²) in [6.45, 7) is 5.46. The molecule has 2 aliphatic rings. The molecular formula is C20H30N2O2. The van der Waals surface area contributed by atoms with E-state index >= 15 is 0 Å². The van der Waals surface area contributed by atoms with E-state index in [-0.39, 0.29) is 11.4 Å². The van der Waals surface area contributed by atoms with Crippen molar-refractivity contribution in [2.45, 2.75) is 50.6 Å². The first-order chi connectivity index (χ1) is 11.6. The van der Waals surface area contributed by atoms with Crippen molar-refractivity contribution >= 4 is 5.91 Å². The van der Waals surface area contributed by atoms with E-state index in [1.807, 2.05) is 30.3 Å². The first-order valence-corrected chi connectivity index (χ1v) is 9.27. The fourth-order valence-electron chi connectivity index (χ4n) is 4.30. The van der Waals surface area contributed by atoms with Crippen molar-refractivity contribution < 1.29 is 9.53 Å². The molecular weight excluding hydrogens is 300 g/mol. The second-order valence-electron chi connectivity index (χ2n) is 7.23. The van der Waals surface area contributed by atoms with Crippen LogP contribution in [0.4, 0.5) is 0 Å². The third-order valence-corrected chi connectivity index (χ3v) is 6.00. The third-order valence-electron chi connectivity index (χ3n) is 6.00. The zero-order valence-electron chi connectivity index (χ0n) is 15.0. The summed E-state index contributed by atoms with van der Waals surface area (Å²) in [4.78, 5) is 17.2. The van der Waals surface area contributed by atoms with E-state index in [0.717, 1.165) is 44.7 Å². The molecule has 132 valence electrons. The Morgan fingerprint density at radius 1 is 1.21 bits per heavy atom. The molecule has 2 heterocycles. The van der Waals surface area contributed by atoms with Crippen molar-refractivity contribution in [1.29, 1.82) is 0 Å². The Bertz CT molecular complexity index is 538. The Labute approximate surface area is 145 Å². The maximum atomic E-state index is 12.6. The van der Waals surface area contributed by atoms with E-state index in [0.29, 0.717) is 12.5 Å². The molecule has 4 heteroatoms. The van der Waals surface area contributed by atoms with E-state index in [1.54, 1.807) is 0 Å². The summed E-state index contributed by atoms with van der Waals surface area (Å²) < 4.78 is 5.64. The molecule has 0 saturated carbocycles. The van der Waals surface area contributed by atoms with Crippen molar-refractivity contribution in [2.24, 2.45) is 0 Å². The summed E-state index contributed by atoms with van der Waals surface area (Å²) in [5, 5.41) is 0. The van der Waals surface area contributed by atoms with Crippen molar-refractivity contribution in [3.05, 3.63) is 35.9 Å². The van der Waals surface area contributed by atoms with Gasteiger partial charge in [0, 0.05) is 31.3 Å². The quantitative estimate of drug-likeness (QED) is 0.832. The molecule has 0 aromatic heterocycles. The van der Waals surface area contributed by atoms with Crippen LogP contribution in [0.3, 0.4) is 0 Å². The van der Waals surface area contributed by atoms with Crippen LogP contribution in [-0.2, 0) is 16.0 Å². The van der Waals surface area contributed by atoms with Gasteiger partial charge in [-0.2, -0.15) is 0 Å². The first-order valence-electron chi connectivity index (χ1n) is 9.27. The van der Waals surface area contributed by atoms with E-state index in [1.165, 1.54) is 12.8 Å². The summed E-state index contributed by atoms with van der Waals surface area (Å²) in [5.41, 5.74) is 1.39. The number of ether oxygens (including phenoxy) is 1. The highest BCUT2D eigenvalue weighted by molar-refractivity contribution is 5.78. The van der Waals surface area contributed by atoms with Gasteiger partial charge in [-0.3, -0.25) is 9.69 Å². The first kappa shape index (κ1) is 17.4. The standard InChI is InChI=1S/C20H30N2O2/c1-3-24-16-18-9-10-20(21(18)2)11-13-22(14-12-20)19(23)15-17-7-5-4-6-8-17/h4-8,18H,3,9-16H2,1-2H3/t18-/m0/s1. The van der Waals surface area contributed by atoms with Gasteiger partial charge in [0.1, 0.15) is 0 Å². The average molecular weight is 330 g/mol. The van der Waals surface area contributed by atoms with Gasteiger partial charge in [0.15, 0.2) is 0 Å². The number of hydrogen-bond donors (Lipinski definition) is 0. The van der Waals surface area contributed by atoms with Crippen molar-refractivity contribution in [2.75, 3.05) is 33.4 Å². The molecule has 0 bridgehead atoms. The summed E-state index contributed by atoms with van der Waals surface area (Å²) >= 11 is 0. The van der Waals surface area contributed by atoms with Gasteiger partial charge in [-0.05, 0) is 45.2 Å². The summed E-state index contributed by atoms with van der Waals surface area (Å²) in [6.07, 6.45) is 5.16. The smallest absolute Gasteiger partial charge is 0.226 e. The number of benzene rings is 1. The Hall–Kier alpha value is -1.39. The number of piperidine rings is 1. The SMILES string of the molecule is CCOC[C@@H]1CCC2(CCN(C(=O)Cc3ccccc3)CC2)N1C. The molecule has 1 aromatic rings. The molecule has 1 atom stereocenters. The number of hydrogen-bond acceptors (Lipinski definition) is 3. The molecule has 0 radical (unpaired) electrons. The van der Waals surface area contributed by atoms with Gasteiger partial charge in [0.05, 0.1) is 13.0 Å². The number of carbonyl (C=O) groups excluding carboxylic acids is 1. The van der Waals surface area contributed by atoms with E-state index in [2.05, 4.69) is 23.8 Å². The molecule has 1 amide bonds. The largest absolute Gasteiger partial charge is 0.380 e. The van der Waals surface area contributed by atoms with Gasteiger partial charge in [-0.25, -0.2) is 0 Å². The van der Waals surface area contributed by atoms with Gasteiger partial charge in [0.25, 0.3) is 0 Å². The van der Waals surface area contributed by atoms with E-state index in [4.69, 9.17) is 4.74 Å². The second-order valence-corrected chi connectivity index (χ2v) is 7.23. The number of likely N-dealkylation sites (tertiary alicyclic amines) is 2. The molecule has 3 rings (SSSR count). The molecule has 0 aliphatic carbocycles. The molecule has 4 nitrogen and oxygen atoms in total. The minimum Gasteiger partial charge on any atom is -0.380 e. The van der Waals surface area contributed by atoms with Gasteiger partial charge in [0.2, 0.25) is 5.91 Å². The van der Waals surface area contributed by atoms with Crippen LogP contribution in [0.2, 0.25) is 0 Å². The lowest BCUT2D eigenvalue weighted by molar-refractivity contribution is -0.133. The average Bonchev–Trinajstić information content (AvgIpc) is 2.91. The zero-order chi connectivity index (χ0) is 17.0. The Balaban J connectivity index is 1.53. The highest BCUT2D eigenvalue weighted by atomic mass is 16.5. The van der Waals surface area contributed by atoms with Crippen molar-refractivity contribution in [3.8, 4) is 0 Å². The van der Waals surface area contributed by atoms with Crippen molar-refractivity contribution in [1.82, 2.24) is 9.80 Å². The Morgan fingerprint density at radius 3 is 2.58 bits per heavy atom. The number of amides is 1. The van der Waals surface area contributed by atoms with Crippen LogP contribution in [0, 0.1) is 0 Å². The number of carbonyl (C=O) groups is 1. The van der Waals surface area contributed by atoms with E-state index in [9.17, 15) is 4.79 Å². The van der Waals surface area contributed by atoms with Crippen LogP contribution < -0.4 is 0 Å². The fourth-order valence-corrected chi connectivity index (χ4v) is 4.30. The Morgan fingerprint density at radius 2 is 1.92 bits per heavy atom. The van der Waals surface area contributed by atoms with Crippen LogP contribution in [0.25, 0.3) is 0 Å². The monoisotopic (exact) mass is 330 g/mol. The normalized spacial score (nSPS) is 23.8. The molecule has 0 unspecified atom stereocenters. The number of rotatable bonds is 5. The lowest BCUT2D eigenvalue weighted by Gasteiger charge is -2.45. The molecule has 24 heavy (non-hydrogen) atoms. The zero-order valence-corrected chi connectivity index (χ0v) is 15.0. The van der Waals surface area contributed by atoms with Crippen LogP contribution in [0.15, 0.2) is 30.3 Å². The minimum atomic E-state index is 0.266. The molecule has 2 saturated heterocycles. The lowest BCUT2D eigenvalue weighted by atomic mass is 9.85. The maximum Gasteiger partial charge on any atom is 0.226 e. The maximum absolute atomic E-state index is 12.6. The number of nitrogens with zero attached hydrogens (tertiary/aromatic N) is 2. The Kier molecular flexibility index (Phi) is 5.57. The predicted molar refractivity (Wildman–Crippen MR) is 96.0 cm³/mol. The second kappa shape index (κ2) is 7.66. The van der Waals surface area contributed by atoms with Crippen LogP contribution in [0.1, 0.15) is 38.2 Å². The molecule has 2 aliphatic heterocycles. The third kappa shape index (κ3) is 3.65. The van der Waals surface area contributed by atoms with Crippen LogP contribution in [0.5, 0.6) is 0 Å². The van der Waals surface area contributed by atoms with Gasteiger partial charge in [-0.1, -0.05) is 30.3 Å². The lowest BCUT2D eigenvalue weighted by Crippen LogP contribution is -2.54. The predicted octanol–water partition coefficient (Wildman–Crippen LogP) is 2.72. The van der Waals surface area contributed by atoms with Crippen LogP contribution >= 0.6 is 0 Å². The highest BCUT2D eigenvalue weighted by Gasteiger charge is 2.46. The van der Waals surface area contributed by atoms with Gasteiger partial charge in [-0.15, -0.1) is 0 Å². The molecule has 2 fully saturated rings. The molecule has 1 aromatic carbocycles. The van der Waals surface area contributed by atoms with Crippen LogP contribution in [-0.4, -0.2) is 60.6 Å². The fraction of sp³-hybridized carbons (Fsp3) is 0.650. The number of likely N-dealkylation sites (N-methyl/N-ethyl adjacent to an activating group) is 1. The topological polar surface area (TPSA) is 32.8 Å². The molecule has 0 N–H and O–H groups in total. The van der Waals surface area contributed by atoms with Crippen molar-refractivity contribution in [3.63, 3.8) is 0 Å². The minimum absolute atomic E-state index is 0.266.